The van der Waals surface area contributed by atoms with Crippen LogP contribution in [0.5, 0.6) is 0 Å². The molecule has 286 valence electrons. The summed E-state index contributed by atoms with van der Waals surface area (Å²) >= 11 is 0. The van der Waals surface area contributed by atoms with E-state index in [0.29, 0.717) is 12.8 Å². The third-order valence-electron chi connectivity index (χ3n) is 8.85. The molecule has 0 aromatic rings. The molecule has 0 aromatic carbocycles. The zero-order valence-electron chi connectivity index (χ0n) is 31.4. The maximum absolute atomic E-state index is 12.6. The molecule has 7 nitrogen and oxygen atoms in total. The van der Waals surface area contributed by atoms with Gasteiger partial charge in [-0.15, -0.1) is 0 Å². The van der Waals surface area contributed by atoms with Crippen molar-refractivity contribution in [3.63, 3.8) is 0 Å². The molecule has 0 aliphatic carbocycles. The third kappa shape index (κ3) is 34.5. The molecule has 0 aliphatic heterocycles. The standard InChI is InChI=1S/C41H75NO6S/c1-3-5-7-9-11-13-15-17-18-19-20-21-22-23-24-26-28-30-32-34-36-40(44)41(45)42-38(37-49(46,47)48)39(43)35-33-31-29-27-25-16-14-12-10-8-6-4-2/h5,7,11,13,25,27,33,35,38-40,43-44H,3-4,6,8-10,12,14-24,26,28-32,34,36-37H2,1-2H3,(H,42,45)(H,46,47,48)/b7-5-,13-11-,27-25+,35-33+. The zero-order valence-corrected chi connectivity index (χ0v) is 32.2. The predicted octanol–water partition coefficient (Wildman–Crippen LogP) is 10.5. The van der Waals surface area contributed by atoms with Gasteiger partial charge in [-0.1, -0.05) is 172 Å². The first-order valence-electron chi connectivity index (χ1n) is 19.9. The van der Waals surface area contributed by atoms with Gasteiger partial charge in [0.1, 0.15) is 6.10 Å². The van der Waals surface area contributed by atoms with Crippen LogP contribution >= 0.6 is 0 Å². The number of hydrogen-bond donors (Lipinski definition) is 4. The first-order valence-corrected chi connectivity index (χ1v) is 21.6. The summed E-state index contributed by atoms with van der Waals surface area (Å²) in [6.45, 7) is 4.38. The summed E-state index contributed by atoms with van der Waals surface area (Å²) in [4.78, 5) is 12.6. The molecule has 1 amide bonds. The van der Waals surface area contributed by atoms with Crippen LogP contribution in [0.4, 0.5) is 0 Å². The predicted molar refractivity (Wildman–Crippen MR) is 208 cm³/mol. The first-order chi connectivity index (χ1) is 23.7. The van der Waals surface area contributed by atoms with Crippen LogP contribution in [0.25, 0.3) is 0 Å². The number of carbonyl (C=O) groups excluding carboxylic acids is 1. The maximum Gasteiger partial charge on any atom is 0.267 e. The molecular formula is C41H75NO6S. The monoisotopic (exact) mass is 710 g/mol. The quantitative estimate of drug-likeness (QED) is 0.0295. The van der Waals surface area contributed by atoms with Gasteiger partial charge in [0.2, 0.25) is 5.91 Å². The van der Waals surface area contributed by atoms with Gasteiger partial charge in [-0.25, -0.2) is 0 Å². The van der Waals surface area contributed by atoms with Crippen LogP contribution in [-0.2, 0) is 14.9 Å². The number of hydrogen-bond acceptors (Lipinski definition) is 5. The van der Waals surface area contributed by atoms with Gasteiger partial charge in [0.15, 0.2) is 0 Å². The van der Waals surface area contributed by atoms with Crippen molar-refractivity contribution in [3.05, 3.63) is 48.6 Å². The highest BCUT2D eigenvalue weighted by atomic mass is 32.2. The molecule has 0 saturated carbocycles. The molecule has 8 heteroatoms. The van der Waals surface area contributed by atoms with Crippen LogP contribution in [-0.4, -0.2) is 53.1 Å². The van der Waals surface area contributed by atoms with E-state index < -0.39 is 40.0 Å². The Hall–Kier alpha value is -1.74. The largest absolute Gasteiger partial charge is 0.387 e. The Balaban J connectivity index is 4.02. The van der Waals surface area contributed by atoms with E-state index in [1.807, 2.05) is 0 Å². The second-order valence-corrected chi connectivity index (χ2v) is 15.2. The highest BCUT2D eigenvalue weighted by Gasteiger charge is 2.27. The minimum absolute atomic E-state index is 0.272. The van der Waals surface area contributed by atoms with Crippen molar-refractivity contribution in [1.82, 2.24) is 5.32 Å². The zero-order chi connectivity index (χ0) is 36.3. The highest BCUT2D eigenvalue weighted by molar-refractivity contribution is 7.85. The Morgan fingerprint density at radius 1 is 0.592 bits per heavy atom. The molecule has 0 spiro atoms. The number of amides is 1. The minimum atomic E-state index is -4.45. The molecule has 49 heavy (non-hydrogen) atoms. The summed E-state index contributed by atoms with van der Waals surface area (Å²) < 4.78 is 32.4. The van der Waals surface area contributed by atoms with Gasteiger partial charge < -0.3 is 15.5 Å². The number of aliphatic hydroxyl groups is 2. The Bertz CT molecular complexity index is 974. The van der Waals surface area contributed by atoms with Crippen LogP contribution in [0.2, 0.25) is 0 Å². The van der Waals surface area contributed by atoms with Gasteiger partial charge in [-0.05, 0) is 57.8 Å². The van der Waals surface area contributed by atoms with Crippen LogP contribution in [0, 0.1) is 0 Å². The summed E-state index contributed by atoms with van der Waals surface area (Å²) in [6, 6.07) is -1.25. The van der Waals surface area contributed by atoms with Gasteiger partial charge in [-0.2, -0.15) is 8.42 Å². The van der Waals surface area contributed by atoms with Crippen molar-refractivity contribution in [2.24, 2.45) is 0 Å². The molecule has 3 atom stereocenters. The van der Waals surface area contributed by atoms with E-state index in [-0.39, 0.29) is 6.42 Å². The SMILES string of the molecule is CC/C=C\C/C=C\CCCCCCCCCCCCCCCC(O)C(=O)NC(CS(=O)(=O)O)C(O)/C=C/CC/C=C/CCCCCCCC. The fourth-order valence-electron chi connectivity index (χ4n) is 5.80. The van der Waals surface area contributed by atoms with Crippen LogP contribution in [0.15, 0.2) is 48.6 Å². The minimum Gasteiger partial charge on any atom is -0.387 e. The molecule has 0 bridgehead atoms. The van der Waals surface area contributed by atoms with Gasteiger partial charge >= 0.3 is 0 Å². The van der Waals surface area contributed by atoms with Crippen LogP contribution < -0.4 is 5.32 Å². The highest BCUT2D eigenvalue weighted by Crippen LogP contribution is 2.15. The van der Waals surface area contributed by atoms with Crippen molar-refractivity contribution in [1.29, 1.82) is 0 Å². The topological polar surface area (TPSA) is 124 Å². The number of carbonyl (C=O) groups is 1. The summed E-state index contributed by atoms with van der Waals surface area (Å²) in [5, 5.41) is 23.3. The lowest BCUT2D eigenvalue weighted by atomic mass is 10.0. The van der Waals surface area contributed by atoms with Crippen molar-refractivity contribution >= 4 is 16.0 Å². The Morgan fingerprint density at radius 3 is 1.57 bits per heavy atom. The first kappa shape index (κ1) is 47.3. The van der Waals surface area contributed by atoms with Crippen LogP contribution in [0.1, 0.15) is 181 Å². The van der Waals surface area contributed by atoms with Gasteiger partial charge in [0.25, 0.3) is 10.1 Å². The molecular weight excluding hydrogens is 635 g/mol. The van der Waals surface area contributed by atoms with Crippen molar-refractivity contribution in [2.45, 2.75) is 199 Å². The Kier molecular flexibility index (Phi) is 33.5. The average Bonchev–Trinajstić information content (AvgIpc) is 3.06. The molecule has 3 unspecified atom stereocenters. The summed E-state index contributed by atoms with van der Waals surface area (Å²) in [5.74, 6) is -1.56. The number of rotatable bonds is 35. The molecule has 0 rings (SSSR count). The average molecular weight is 710 g/mol. The Morgan fingerprint density at radius 2 is 1.04 bits per heavy atom. The molecule has 0 heterocycles. The second kappa shape index (κ2) is 34.7. The molecule has 0 aromatic heterocycles. The molecule has 0 fully saturated rings. The normalized spacial score (nSPS) is 14.5. The van der Waals surface area contributed by atoms with Gasteiger partial charge in [-0.3, -0.25) is 9.35 Å². The maximum atomic E-state index is 12.6. The second-order valence-electron chi connectivity index (χ2n) is 13.7. The smallest absolute Gasteiger partial charge is 0.267 e. The van der Waals surface area contributed by atoms with Crippen molar-refractivity contribution in [3.8, 4) is 0 Å². The molecule has 0 radical (unpaired) electrons. The van der Waals surface area contributed by atoms with Crippen molar-refractivity contribution in [2.75, 3.05) is 5.75 Å². The van der Waals surface area contributed by atoms with E-state index in [0.717, 1.165) is 44.9 Å². The number of allylic oxidation sites excluding steroid dienone is 7. The lowest BCUT2D eigenvalue weighted by molar-refractivity contribution is -0.130. The lowest BCUT2D eigenvalue weighted by Gasteiger charge is -2.22. The number of aliphatic hydroxyl groups excluding tert-OH is 2. The summed E-state index contributed by atoms with van der Waals surface area (Å²) in [5.41, 5.74) is 0. The van der Waals surface area contributed by atoms with Crippen LogP contribution in [0.3, 0.4) is 0 Å². The van der Waals surface area contributed by atoms with E-state index in [2.05, 4.69) is 55.6 Å². The summed E-state index contributed by atoms with van der Waals surface area (Å²) in [6.07, 6.45) is 43.2. The number of unbranched alkanes of at least 4 members (excludes halogenated alkanes) is 20. The third-order valence-corrected chi connectivity index (χ3v) is 9.63. The van der Waals surface area contributed by atoms with Crippen molar-refractivity contribution < 1.29 is 28.0 Å². The van der Waals surface area contributed by atoms with Gasteiger partial charge in [0, 0.05) is 0 Å². The molecule has 4 N–H and O–H groups in total. The van der Waals surface area contributed by atoms with E-state index >= 15 is 0 Å². The molecule has 0 aliphatic rings. The molecule has 0 saturated heterocycles. The van der Waals surface area contributed by atoms with E-state index in [9.17, 15) is 28.0 Å². The fraction of sp³-hybridized carbons (Fsp3) is 0.780. The fourth-order valence-corrected chi connectivity index (χ4v) is 6.54. The lowest BCUT2D eigenvalue weighted by Crippen LogP contribution is -2.50. The Labute approximate surface area is 302 Å². The van der Waals surface area contributed by atoms with E-state index in [1.165, 1.54) is 109 Å². The van der Waals surface area contributed by atoms with Gasteiger partial charge in [0.05, 0.1) is 17.9 Å². The summed E-state index contributed by atoms with van der Waals surface area (Å²) in [7, 11) is -4.45. The van der Waals surface area contributed by atoms with E-state index in [4.69, 9.17) is 0 Å². The number of nitrogens with one attached hydrogen (secondary N) is 1. The van der Waals surface area contributed by atoms with E-state index in [1.54, 1.807) is 6.08 Å².